The third kappa shape index (κ3) is 21.4. The molecule has 0 amide bonds. The van der Waals surface area contributed by atoms with Crippen LogP contribution in [0.3, 0.4) is 0 Å². The largest absolute Gasteiger partial charge is 0.466 e. The van der Waals surface area contributed by atoms with Gasteiger partial charge in [-0.2, -0.15) is 0 Å². The number of unbranched alkanes of at least 4 members (excludes halogenated alkanes) is 22. The van der Waals surface area contributed by atoms with Gasteiger partial charge in [0.15, 0.2) is 0 Å². The fourth-order valence-electron chi connectivity index (χ4n) is 6.26. The second-order valence-electron chi connectivity index (χ2n) is 12.6. The van der Waals surface area contributed by atoms with E-state index in [9.17, 15) is 4.79 Å². The van der Waals surface area contributed by atoms with E-state index in [4.69, 9.17) is 4.74 Å². The van der Waals surface area contributed by atoms with Crippen molar-refractivity contribution >= 4 is 18.4 Å². The first kappa shape index (κ1) is 39.7. The Bertz CT molecular complexity index is 547. The number of ether oxygens (including phenoxy) is 1. The van der Waals surface area contributed by atoms with E-state index in [1.807, 2.05) is 0 Å². The zero-order chi connectivity index (χ0) is 28.3. The Morgan fingerprint density at radius 3 is 1.43 bits per heavy atom. The number of carbonyl (C=O) groups excluding carboxylic acids is 1. The van der Waals surface area contributed by atoms with Gasteiger partial charge in [0.2, 0.25) is 0 Å². The molecule has 0 bridgehead atoms. The van der Waals surface area contributed by atoms with Gasteiger partial charge in [-0.1, -0.05) is 162 Å². The van der Waals surface area contributed by atoms with Gasteiger partial charge in [0, 0.05) is 25.9 Å². The minimum absolute atomic E-state index is 0. The molecule has 0 aromatic carbocycles. The highest BCUT2D eigenvalue weighted by molar-refractivity contribution is 5.85. The summed E-state index contributed by atoms with van der Waals surface area (Å²) in [7, 11) is 2.23. The van der Waals surface area contributed by atoms with Crippen molar-refractivity contribution < 1.29 is 9.53 Å². The van der Waals surface area contributed by atoms with Crippen molar-refractivity contribution in [2.24, 2.45) is 0 Å². The molecule has 0 saturated carbocycles. The number of hydrogen-bond donors (Lipinski definition) is 1. The minimum Gasteiger partial charge on any atom is -0.466 e. The van der Waals surface area contributed by atoms with Crippen molar-refractivity contribution in [1.82, 2.24) is 10.2 Å². The van der Waals surface area contributed by atoms with Gasteiger partial charge in [-0.25, -0.2) is 0 Å². The number of nitrogens with one attached hydrogen (secondary N) is 1. The molecule has 0 aromatic rings. The standard InChI is InChI=1S/C35H70N2O2.ClH/c1-4-6-8-10-12-14-16-17-19-21-23-25-27-29-35(36-31-32-37(35)3)30-33-39-34(38)28-26-24-22-20-18-15-13-11-9-7-5-2;/h36H,4-33H2,1-3H3;1H. The van der Waals surface area contributed by atoms with E-state index in [0.717, 1.165) is 38.8 Å². The van der Waals surface area contributed by atoms with E-state index >= 15 is 0 Å². The number of likely N-dealkylation sites (N-methyl/N-ethyl adjacent to an activating group) is 1. The highest BCUT2D eigenvalue weighted by Gasteiger charge is 2.37. The predicted molar refractivity (Wildman–Crippen MR) is 178 cm³/mol. The van der Waals surface area contributed by atoms with Crippen LogP contribution in [-0.4, -0.2) is 43.3 Å². The molecule has 1 saturated heterocycles. The smallest absolute Gasteiger partial charge is 0.305 e. The van der Waals surface area contributed by atoms with Gasteiger partial charge in [-0.15, -0.1) is 12.4 Å². The summed E-state index contributed by atoms with van der Waals surface area (Å²) in [6.07, 6.45) is 35.2. The topological polar surface area (TPSA) is 41.6 Å². The van der Waals surface area contributed by atoms with E-state index in [1.165, 1.54) is 141 Å². The lowest BCUT2D eigenvalue weighted by molar-refractivity contribution is -0.144. The van der Waals surface area contributed by atoms with Crippen molar-refractivity contribution in [3.63, 3.8) is 0 Å². The highest BCUT2D eigenvalue weighted by Crippen LogP contribution is 2.27. The van der Waals surface area contributed by atoms with Gasteiger partial charge >= 0.3 is 5.97 Å². The number of rotatable bonds is 29. The first-order valence-corrected chi connectivity index (χ1v) is 17.8. The van der Waals surface area contributed by atoms with Crippen LogP contribution in [0.15, 0.2) is 0 Å². The van der Waals surface area contributed by atoms with E-state index in [-0.39, 0.29) is 24.0 Å². The number of esters is 1. The molecule has 0 aromatic heterocycles. The van der Waals surface area contributed by atoms with E-state index in [0.29, 0.717) is 13.0 Å². The lowest BCUT2D eigenvalue weighted by atomic mass is 9.96. The Labute approximate surface area is 257 Å². The molecule has 1 N–H and O–H groups in total. The fourth-order valence-corrected chi connectivity index (χ4v) is 6.26. The molecule has 4 nitrogen and oxygen atoms in total. The molecule has 1 aliphatic heterocycles. The molecule has 1 unspecified atom stereocenters. The Morgan fingerprint density at radius 1 is 0.625 bits per heavy atom. The van der Waals surface area contributed by atoms with Gasteiger partial charge in [0.05, 0.1) is 12.3 Å². The maximum Gasteiger partial charge on any atom is 0.305 e. The van der Waals surface area contributed by atoms with Crippen LogP contribution in [0.2, 0.25) is 0 Å². The SMILES string of the molecule is CCCCCCCCCCCCCCCC1(CCOC(=O)CCCCCCCCCCCCC)NCCN1C.Cl. The molecule has 240 valence electrons. The van der Waals surface area contributed by atoms with Gasteiger partial charge < -0.3 is 4.74 Å². The van der Waals surface area contributed by atoms with E-state index in [2.05, 4.69) is 31.1 Å². The van der Waals surface area contributed by atoms with Crippen LogP contribution in [0.1, 0.15) is 187 Å². The van der Waals surface area contributed by atoms with Crippen LogP contribution < -0.4 is 5.32 Å². The van der Waals surface area contributed by atoms with Gasteiger partial charge in [0.1, 0.15) is 0 Å². The molecular formula is C35H71ClN2O2. The lowest BCUT2D eigenvalue weighted by Gasteiger charge is -2.36. The van der Waals surface area contributed by atoms with Crippen LogP contribution in [-0.2, 0) is 9.53 Å². The first-order valence-electron chi connectivity index (χ1n) is 17.8. The molecule has 1 fully saturated rings. The summed E-state index contributed by atoms with van der Waals surface area (Å²) in [6, 6.07) is 0. The molecule has 0 radical (unpaired) electrons. The van der Waals surface area contributed by atoms with Crippen molar-refractivity contribution in [3.05, 3.63) is 0 Å². The second-order valence-corrected chi connectivity index (χ2v) is 12.6. The maximum atomic E-state index is 12.3. The summed E-state index contributed by atoms with van der Waals surface area (Å²) >= 11 is 0. The molecule has 1 rings (SSSR count). The van der Waals surface area contributed by atoms with Crippen LogP contribution >= 0.6 is 12.4 Å². The summed E-state index contributed by atoms with van der Waals surface area (Å²) in [6.45, 7) is 7.25. The molecule has 5 heteroatoms. The molecule has 1 aliphatic rings. The maximum absolute atomic E-state index is 12.3. The van der Waals surface area contributed by atoms with Crippen molar-refractivity contribution in [2.75, 3.05) is 26.7 Å². The predicted octanol–water partition coefficient (Wildman–Crippen LogP) is 10.8. The molecule has 1 atom stereocenters. The third-order valence-corrected chi connectivity index (χ3v) is 9.09. The van der Waals surface area contributed by atoms with Crippen LogP contribution in [0.5, 0.6) is 0 Å². The summed E-state index contributed by atoms with van der Waals surface area (Å²) in [5.74, 6) is 0.00248. The number of hydrogen-bond acceptors (Lipinski definition) is 4. The van der Waals surface area contributed by atoms with E-state index < -0.39 is 0 Å². The Balaban J connectivity index is 0.0000152. The number of carbonyl (C=O) groups is 1. The molecule has 40 heavy (non-hydrogen) atoms. The van der Waals surface area contributed by atoms with Crippen LogP contribution in [0.4, 0.5) is 0 Å². The monoisotopic (exact) mass is 587 g/mol. The molecule has 0 spiro atoms. The van der Waals surface area contributed by atoms with Crippen molar-refractivity contribution in [1.29, 1.82) is 0 Å². The second kappa shape index (κ2) is 28.8. The average molecular weight is 587 g/mol. The third-order valence-electron chi connectivity index (χ3n) is 9.09. The number of halogens is 1. The Kier molecular flexibility index (Phi) is 28.6. The number of nitrogens with zero attached hydrogens (tertiary/aromatic N) is 1. The minimum atomic E-state index is 0. The van der Waals surface area contributed by atoms with Crippen LogP contribution in [0, 0.1) is 0 Å². The molecule has 0 aliphatic carbocycles. The fraction of sp³-hybridized carbons (Fsp3) is 0.971. The van der Waals surface area contributed by atoms with Crippen molar-refractivity contribution in [3.8, 4) is 0 Å². The quantitative estimate of drug-likeness (QED) is 0.0699. The van der Waals surface area contributed by atoms with Crippen molar-refractivity contribution in [2.45, 2.75) is 193 Å². The summed E-state index contributed by atoms with van der Waals surface area (Å²) in [4.78, 5) is 14.8. The van der Waals surface area contributed by atoms with Gasteiger partial charge in [0.25, 0.3) is 0 Å². The van der Waals surface area contributed by atoms with E-state index in [1.54, 1.807) is 0 Å². The average Bonchev–Trinajstić information content (AvgIpc) is 3.29. The van der Waals surface area contributed by atoms with Gasteiger partial charge in [-0.05, 0) is 19.9 Å². The molecular weight excluding hydrogens is 516 g/mol. The van der Waals surface area contributed by atoms with Gasteiger partial charge in [-0.3, -0.25) is 15.0 Å². The normalized spacial score (nSPS) is 17.3. The summed E-state index contributed by atoms with van der Waals surface area (Å²) in [5, 5.41) is 3.76. The summed E-state index contributed by atoms with van der Waals surface area (Å²) in [5.41, 5.74) is 0.0224. The lowest BCUT2D eigenvalue weighted by Crippen LogP contribution is -2.50. The summed E-state index contributed by atoms with van der Waals surface area (Å²) < 4.78 is 5.68. The zero-order valence-corrected chi connectivity index (χ0v) is 28.2. The Morgan fingerprint density at radius 2 is 1.02 bits per heavy atom. The zero-order valence-electron chi connectivity index (χ0n) is 27.4. The highest BCUT2D eigenvalue weighted by atomic mass is 35.5. The first-order chi connectivity index (χ1) is 19.1. The Hall–Kier alpha value is -0.320. The molecule has 1 heterocycles. The van der Waals surface area contributed by atoms with Crippen LogP contribution in [0.25, 0.3) is 0 Å².